The highest BCUT2D eigenvalue weighted by Gasteiger charge is 2.05. The van der Waals surface area contributed by atoms with E-state index in [9.17, 15) is 0 Å². The van der Waals surface area contributed by atoms with Gasteiger partial charge in [-0.1, -0.05) is 41.7 Å². The molecule has 0 amide bonds. The Morgan fingerprint density at radius 3 is 2.36 bits per heavy atom. The second-order valence-electron chi connectivity index (χ2n) is 2.58. The van der Waals surface area contributed by atoms with E-state index in [4.69, 9.17) is 34.8 Å². The van der Waals surface area contributed by atoms with E-state index in [-0.39, 0.29) is 0 Å². The monoisotopic (exact) mass is 250 g/mol. The van der Waals surface area contributed by atoms with Gasteiger partial charge in [-0.3, -0.25) is 5.43 Å². The maximum atomic E-state index is 5.91. The molecule has 1 N–H and O–H groups in total. The Labute approximate surface area is 97.9 Å². The van der Waals surface area contributed by atoms with Crippen molar-refractivity contribution in [3.63, 3.8) is 0 Å². The SMILES string of the molecule is CC/C=N/Nc1c(Cl)cc(Cl)cc1Cl. The van der Waals surface area contributed by atoms with E-state index in [1.807, 2.05) is 6.92 Å². The first-order valence-electron chi connectivity index (χ1n) is 4.07. The summed E-state index contributed by atoms with van der Waals surface area (Å²) < 4.78 is 0. The van der Waals surface area contributed by atoms with Gasteiger partial charge in [0.1, 0.15) is 0 Å². The molecule has 0 saturated carbocycles. The smallest absolute Gasteiger partial charge is 0.0935 e. The van der Waals surface area contributed by atoms with Crippen molar-refractivity contribution in [2.75, 3.05) is 5.43 Å². The first-order valence-corrected chi connectivity index (χ1v) is 5.20. The molecule has 5 heteroatoms. The lowest BCUT2D eigenvalue weighted by Gasteiger charge is -2.05. The van der Waals surface area contributed by atoms with Crippen LogP contribution in [0, 0.1) is 0 Å². The molecule has 76 valence electrons. The fourth-order valence-corrected chi connectivity index (χ4v) is 1.75. The summed E-state index contributed by atoms with van der Waals surface area (Å²) in [4.78, 5) is 0. The Bertz CT molecular complexity index is 327. The molecule has 0 saturated heterocycles. The van der Waals surface area contributed by atoms with Gasteiger partial charge in [-0.25, -0.2) is 0 Å². The van der Waals surface area contributed by atoms with Gasteiger partial charge >= 0.3 is 0 Å². The molecule has 0 atom stereocenters. The van der Waals surface area contributed by atoms with Crippen molar-refractivity contribution in [2.24, 2.45) is 5.10 Å². The number of anilines is 1. The van der Waals surface area contributed by atoms with Crippen LogP contribution in [0.3, 0.4) is 0 Å². The maximum absolute atomic E-state index is 5.91. The number of rotatable bonds is 3. The molecule has 0 aliphatic carbocycles. The van der Waals surface area contributed by atoms with Crippen LogP contribution in [0.1, 0.15) is 13.3 Å². The highest BCUT2D eigenvalue weighted by molar-refractivity contribution is 6.41. The molecule has 14 heavy (non-hydrogen) atoms. The zero-order valence-electron chi connectivity index (χ0n) is 7.52. The Morgan fingerprint density at radius 2 is 1.86 bits per heavy atom. The average Bonchev–Trinajstić information content (AvgIpc) is 2.09. The number of halogens is 3. The molecule has 0 bridgehead atoms. The van der Waals surface area contributed by atoms with E-state index in [1.165, 1.54) is 0 Å². The molecule has 1 aromatic rings. The minimum atomic E-state index is 0.454. The van der Waals surface area contributed by atoms with Gasteiger partial charge in [0.05, 0.1) is 15.7 Å². The second kappa shape index (κ2) is 5.44. The van der Waals surface area contributed by atoms with Crippen LogP contribution in [0.2, 0.25) is 15.1 Å². The summed E-state index contributed by atoms with van der Waals surface area (Å²) in [6, 6.07) is 3.22. The van der Waals surface area contributed by atoms with Gasteiger partial charge in [0, 0.05) is 11.2 Å². The van der Waals surface area contributed by atoms with Gasteiger partial charge in [0.15, 0.2) is 0 Å². The first-order chi connectivity index (χ1) is 6.65. The lowest BCUT2D eigenvalue weighted by molar-refractivity contribution is 1.26. The largest absolute Gasteiger partial charge is 0.276 e. The quantitative estimate of drug-likeness (QED) is 0.623. The van der Waals surface area contributed by atoms with Crippen LogP contribution in [-0.2, 0) is 0 Å². The van der Waals surface area contributed by atoms with E-state index in [2.05, 4.69) is 10.5 Å². The predicted molar refractivity (Wildman–Crippen MR) is 63.9 cm³/mol. The standard InChI is InChI=1S/C9H9Cl3N2/c1-2-3-13-14-9-7(11)4-6(10)5-8(9)12/h3-5,14H,2H2,1H3/b13-3+. The number of nitrogens with zero attached hydrogens (tertiary/aromatic N) is 1. The molecule has 1 aromatic carbocycles. The predicted octanol–water partition coefficient (Wildman–Crippen LogP) is 4.45. The number of hydrazone groups is 1. The minimum Gasteiger partial charge on any atom is -0.276 e. The Morgan fingerprint density at radius 1 is 1.29 bits per heavy atom. The van der Waals surface area contributed by atoms with Crippen LogP contribution >= 0.6 is 34.8 Å². The van der Waals surface area contributed by atoms with E-state index < -0.39 is 0 Å². The van der Waals surface area contributed by atoms with Crippen molar-refractivity contribution in [3.05, 3.63) is 27.2 Å². The van der Waals surface area contributed by atoms with Gasteiger partial charge in [-0.2, -0.15) is 5.10 Å². The lowest BCUT2D eigenvalue weighted by atomic mass is 10.3. The lowest BCUT2D eigenvalue weighted by Crippen LogP contribution is -1.91. The molecule has 0 fully saturated rings. The molecule has 0 heterocycles. The van der Waals surface area contributed by atoms with Crippen LogP contribution < -0.4 is 5.43 Å². The van der Waals surface area contributed by atoms with E-state index in [0.717, 1.165) is 6.42 Å². The molecule has 1 rings (SSSR count). The van der Waals surface area contributed by atoms with Gasteiger partial charge in [0.2, 0.25) is 0 Å². The zero-order chi connectivity index (χ0) is 10.6. The highest BCUT2D eigenvalue weighted by atomic mass is 35.5. The first kappa shape index (κ1) is 11.6. The molecule has 2 nitrogen and oxygen atoms in total. The number of benzene rings is 1. The minimum absolute atomic E-state index is 0.454. The van der Waals surface area contributed by atoms with Crippen LogP contribution in [0.4, 0.5) is 5.69 Å². The van der Waals surface area contributed by atoms with Crippen molar-refractivity contribution in [1.82, 2.24) is 0 Å². The molecular weight excluding hydrogens is 242 g/mol. The van der Waals surface area contributed by atoms with Gasteiger partial charge in [0.25, 0.3) is 0 Å². The van der Waals surface area contributed by atoms with Crippen molar-refractivity contribution in [3.8, 4) is 0 Å². The van der Waals surface area contributed by atoms with E-state index >= 15 is 0 Å². The fraction of sp³-hybridized carbons (Fsp3) is 0.222. The summed E-state index contributed by atoms with van der Waals surface area (Å²) in [7, 11) is 0. The molecule has 0 aromatic heterocycles. The summed E-state index contributed by atoms with van der Waals surface area (Å²) in [6.07, 6.45) is 2.57. The normalized spacial score (nSPS) is 10.9. The Balaban J connectivity index is 2.91. The summed E-state index contributed by atoms with van der Waals surface area (Å²) in [6.45, 7) is 1.98. The van der Waals surface area contributed by atoms with Gasteiger partial charge in [-0.05, 0) is 18.6 Å². The molecule has 0 unspecified atom stereocenters. The molecular formula is C9H9Cl3N2. The zero-order valence-corrected chi connectivity index (χ0v) is 9.79. The van der Waals surface area contributed by atoms with Gasteiger partial charge < -0.3 is 0 Å². The molecule has 0 aliphatic rings. The number of hydrogen-bond acceptors (Lipinski definition) is 2. The summed E-state index contributed by atoms with van der Waals surface area (Å²) in [5.41, 5.74) is 3.33. The van der Waals surface area contributed by atoms with Crippen LogP contribution in [0.25, 0.3) is 0 Å². The van der Waals surface area contributed by atoms with Crippen molar-refractivity contribution < 1.29 is 0 Å². The molecule has 0 radical (unpaired) electrons. The van der Waals surface area contributed by atoms with Crippen LogP contribution in [0.15, 0.2) is 17.2 Å². The molecule has 0 spiro atoms. The average molecular weight is 252 g/mol. The second-order valence-corrected chi connectivity index (χ2v) is 3.83. The number of hydrogen-bond donors (Lipinski definition) is 1. The number of nitrogens with one attached hydrogen (secondary N) is 1. The summed E-state index contributed by atoms with van der Waals surface area (Å²) >= 11 is 17.6. The van der Waals surface area contributed by atoms with Crippen LogP contribution in [-0.4, -0.2) is 6.21 Å². The Hall–Kier alpha value is -0.440. The van der Waals surface area contributed by atoms with Crippen molar-refractivity contribution in [2.45, 2.75) is 13.3 Å². The third kappa shape index (κ3) is 3.05. The Kier molecular flexibility index (Phi) is 4.52. The van der Waals surface area contributed by atoms with Crippen molar-refractivity contribution in [1.29, 1.82) is 0 Å². The van der Waals surface area contributed by atoms with Gasteiger partial charge in [-0.15, -0.1) is 0 Å². The summed E-state index contributed by atoms with van der Waals surface area (Å²) in [5, 5.41) is 5.34. The molecule has 0 aliphatic heterocycles. The van der Waals surface area contributed by atoms with E-state index in [1.54, 1.807) is 18.3 Å². The highest BCUT2D eigenvalue weighted by Crippen LogP contribution is 2.33. The third-order valence-corrected chi connectivity index (χ3v) is 2.27. The fourth-order valence-electron chi connectivity index (χ4n) is 0.850. The summed E-state index contributed by atoms with van der Waals surface area (Å²) in [5.74, 6) is 0. The van der Waals surface area contributed by atoms with E-state index in [0.29, 0.717) is 20.8 Å². The van der Waals surface area contributed by atoms with Crippen molar-refractivity contribution >= 4 is 46.7 Å². The topological polar surface area (TPSA) is 24.4 Å². The third-order valence-electron chi connectivity index (χ3n) is 1.46. The maximum Gasteiger partial charge on any atom is 0.0935 e. The van der Waals surface area contributed by atoms with Crippen LogP contribution in [0.5, 0.6) is 0 Å².